The molecule has 0 bridgehead atoms. The number of amides is 3. The fourth-order valence-corrected chi connectivity index (χ4v) is 6.59. The lowest BCUT2D eigenvalue weighted by molar-refractivity contribution is -0.136. The lowest BCUT2D eigenvalue weighted by Gasteiger charge is -2.29. The Balaban J connectivity index is 1.14. The summed E-state index contributed by atoms with van der Waals surface area (Å²) in [6.45, 7) is 1.10. The quantitative estimate of drug-likeness (QED) is 0.206. The molecule has 42 heavy (non-hydrogen) atoms. The van der Waals surface area contributed by atoms with E-state index in [0.29, 0.717) is 41.2 Å². The van der Waals surface area contributed by atoms with Gasteiger partial charge in [-0.1, -0.05) is 60.7 Å². The fourth-order valence-electron chi connectivity index (χ4n) is 5.18. The SMILES string of the molecule is COc1cc(/C=C2\SC(=O)N(CC(=O)N3CCc4ccccc4C3)C2=O)cc(Br)c1OCc1ccc2ccccc2c1. The molecule has 1 saturated heterocycles. The summed E-state index contributed by atoms with van der Waals surface area (Å²) in [6.07, 6.45) is 2.38. The van der Waals surface area contributed by atoms with Gasteiger partial charge in [-0.15, -0.1) is 0 Å². The van der Waals surface area contributed by atoms with Crippen LogP contribution in [0.1, 0.15) is 22.3 Å². The van der Waals surface area contributed by atoms with Gasteiger partial charge in [0.1, 0.15) is 13.2 Å². The molecule has 2 aliphatic rings. The van der Waals surface area contributed by atoms with Crippen LogP contribution in [0.2, 0.25) is 0 Å². The molecule has 0 aromatic heterocycles. The molecule has 0 atom stereocenters. The topological polar surface area (TPSA) is 76.2 Å². The first-order chi connectivity index (χ1) is 20.4. The Morgan fingerprint density at radius 1 is 0.976 bits per heavy atom. The van der Waals surface area contributed by atoms with Gasteiger partial charge in [0.05, 0.1) is 16.5 Å². The maximum absolute atomic E-state index is 13.2. The Bertz CT molecular complexity index is 1750. The van der Waals surface area contributed by atoms with E-state index in [-0.39, 0.29) is 17.4 Å². The van der Waals surface area contributed by atoms with E-state index < -0.39 is 11.1 Å². The van der Waals surface area contributed by atoms with Crippen molar-refractivity contribution >= 4 is 61.6 Å². The highest BCUT2D eigenvalue weighted by atomic mass is 79.9. The second kappa shape index (κ2) is 12.0. The summed E-state index contributed by atoms with van der Waals surface area (Å²) in [5.41, 5.74) is 3.99. The Kier molecular flexibility index (Phi) is 8.04. The third-order valence-electron chi connectivity index (χ3n) is 7.40. The number of nitrogens with zero attached hydrogens (tertiary/aromatic N) is 2. The molecular formula is C33H27BrN2O5S. The highest BCUT2D eigenvalue weighted by molar-refractivity contribution is 9.10. The first kappa shape index (κ1) is 28.1. The summed E-state index contributed by atoms with van der Waals surface area (Å²) < 4.78 is 12.4. The second-order valence-corrected chi connectivity index (χ2v) is 12.0. The van der Waals surface area contributed by atoms with E-state index in [0.717, 1.165) is 45.0 Å². The van der Waals surface area contributed by atoms with E-state index in [4.69, 9.17) is 9.47 Å². The van der Waals surface area contributed by atoms with Crippen molar-refractivity contribution in [3.63, 3.8) is 0 Å². The summed E-state index contributed by atoms with van der Waals surface area (Å²) in [5, 5.41) is 1.84. The summed E-state index contributed by atoms with van der Waals surface area (Å²) in [4.78, 5) is 41.9. The van der Waals surface area contributed by atoms with E-state index in [2.05, 4.69) is 46.3 Å². The molecule has 0 unspecified atom stereocenters. The van der Waals surface area contributed by atoms with Gasteiger partial charge in [0.15, 0.2) is 11.5 Å². The molecule has 6 rings (SSSR count). The van der Waals surface area contributed by atoms with E-state index in [9.17, 15) is 14.4 Å². The van der Waals surface area contributed by atoms with Crippen LogP contribution in [-0.4, -0.2) is 47.1 Å². The minimum Gasteiger partial charge on any atom is -0.493 e. The molecule has 0 radical (unpaired) electrons. The van der Waals surface area contributed by atoms with Crippen LogP contribution in [-0.2, 0) is 29.2 Å². The fraction of sp³-hybridized carbons (Fsp3) is 0.182. The summed E-state index contributed by atoms with van der Waals surface area (Å²) >= 11 is 4.40. The number of ether oxygens (including phenoxy) is 2. The van der Waals surface area contributed by atoms with Gasteiger partial charge < -0.3 is 14.4 Å². The van der Waals surface area contributed by atoms with Crippen LogP contribution in [0.3, 0.4) is 0 Å². The number of halogens is 1. The average Bonchev–Trinajstić information content (AvgIpc) is 3.26. The maximum Gasteiger partial charge on any atom is 0.294 e. The van der Waals surface area contributed by atoms with Crippen molar-refractivity contribution in [1.82, 2.24) is 9.80 Å². The zero-order chi connectivity index (χ0) is 29.2. The van der Waals surface area contributed by atoms with Crippen LogP contribution in [0, 0.1) is 0 Å². The molecule has 2 heterocycles. The van der Waals surface area contributed by atoms with Crippen LogP contribution in [0.25, 0.3) is 16.8 Å². The van der Waals surface area contributed by atoms with Gasteiger partial charge in [0.2, 0.25) is 5.91 Å². The number of imide groups is 1. The number of thioether (sulfide) groups is 1. The lowest BCUT2D eigenvalue weighted by Crippen LogP contribution is -2.44. The van der Waals surface area contributed by atoms with Gasteiger partial charge >= 0.3 is 0 Å². The van der Waals surface area contributed by atoms with Crippen LogP contribution < -0.4 is 9.47 Å². The van der Waals surface area contributed by atoms with Gasteiger partial charge in [-0.05, 0) is 91.4 Å². The van der Waals surface area contributed by atoms with Gasteiger partial charge in [0.25, 0.3) is 11.1 Å². The molecule has 7 nitrogen and oxygen atoms in total. The number of benzene rings is 4. The highest BCUT2D eigenvalue weighted by Gasteiger charge is 2.37. The number of methoxy groups -OCH3 is 1. The third-order valence-corrected chi connectivity index (χ3v) is 8.89. The smallest absolute Gasteiger partial charge is 0.294 e. The van der Waals surface area contributed by atoms with Crippen molar-refractivity contribution in [2.75, 3.05) is 20.2 Å². The number of rotatable bonds is 7. The highest BCUT2D eigenvalue weighted by Crippen LogP contribution is 2.39. The summed E-state index contributed by atoms with van der Waals surface area (Å²) in [7, 11) is 1.55. The first-order valence-corrected chi connectivity index (χ1v) is 15.1. The Morgan fingerprint density at radius 2 is 1.74 bits per heavy atom. The molecule has 0 N–H and O–H groups in total. The Morgan fingerprint density at radius 3 is 2.55 bits per heavy atom. The van der Waals surface area contributed by atoms with Crippen molar-refractivity contribution in [3.05, 3.63) is 110 Å². The van der Waals surface area contributed by atoms with Crippen molar-refractivity contribution in [2.24, 2.45) is 0 Å². The minimum absolute atomic E-state index is 0.245. The number of hydrogen-bond acceptors (Lipinski definition) is 6. The molecule has 0 aliphatic carbocycles. The van der Waals surface area contributed by atoms with E-state index in [1.807, 2.05) is 42.5 Å². The standard InChI is InChI=1S/C33H27BrN2O5S/c1-40-28-16-22(15-27(34)31(28)41-20-21-10-11-23-6-2-4-8-25(23)14-21)17-29-32(38)36(33(39)42-29)19-30(37)35-13-12-24-7-3-5-9-26(24)18-35/h2-11,14-17H,12-13,18-20H2,1H3/b29-17-. The molecule has 3 amide bonds. The molecule has 4 aromatic carbocycles. The molecule has 2 aliphatic heterocycles. The number of hydrogen-bond donors (Lipinski definition) is 0. The van der Waals surface area contributed by atoms with Crippen molar-refractivity contribution < 1.29 is 23.9 Å². The third kappa shape index (κ3) is 5.80. The first-order valence-electron chi connectivity index (χ1n) is 13.5. The van der Waals surface area contributed by atoms with Crippen LogP contribution >= 0.6 is 27.7 Å². The maximum atomic E-state index is 13.2. The Labute approximate surface area is 256 Å². The predicted octanol–water partition coefficient (Wildman–Crippen LogP) is 6.81. The summed E-state index contributed by atoms with van der Waals surface area (Å²) in [5.74, 6) is 0.286. The van der Waals surface area contributed by atoms with Crippen LogP contribution in [0.5, 0.6) is 11.5 Å². The van der Waals surface area contributed by atoms with Crippen molar-refractivity contribution in [1.29, 1.82) is 0 Å². The Hall–Kier alpha value is -4.08. The molecule has 212 valence electrons. The van der Waals surface area contributed by atoms with E-state index in [1.165, 1.54) is 5.56 Å². The summed E-state index contributed by atoms with van der Waals surface area (Å²) in [6, 6.07) is 25.9. The predicted molar refractivity (Wildman–Crippen MR) is 167 cm³/mol. The molecule has 4 aromatic rings. The van der Waals surface area contributed by atoms with Crippen LogP contribution in [0.4, 0.5) is 4.79 Å². The molecule has 0 saturated carbocycles. The number of carbonyl (C=O) groups is 3. The normalized spacial score (nSPS) is 15.8. The van der Waals surface area contributed by atoms with Gasteiger partial charge in [0, 0.05) is 13.1 Å². The average molecular weight is 644 g/mol. The molecule has 1 fully saturated rings. The van der Waals surface area contributed by atoms with E-state index in [1.54, 1.807) is 24.2 Å². The second-order valence-electron chi connectivity index (χ2n) is 10.1. The zero-order valence-corrected chi connectivity index (χ0v) is 25.2. The molecular weight excluding hydrogens is 616 g/mol. The number of fused-ring (bicyclic) bond motifs is 2. The zero-order valence-electron chi connectivity index (χ0n) is 22.8. The van der Waals surface area contributed by atoms with Crippen molar-refractivity contribution in [3.8, 4) is 11.5 Å². The van der Waals surface area contributed by atoms with Gasteiger partial charge in [-0.2, -0.15) is 0 Å². The molecule has 0 spiro atoms. The minimum atomic E-state index is -0.484. The van der Waals surface area contributed by atoms with Gasteiger partial charge in [-0.25, -0.2) is 0 Å². The van der Waals surface area contributed by atoms with Gasteiger partial charge in [-0.3, -0.25) is 19.3 Å². The monoisotopic (exact) mass is 642 g/mol. The lowest BCUT2D eigenvalue weighted by atomic mass is 10.00. The van der Waals surface area contributed by atoms with Crippen LogP contribution in [0.15, 0.2) is 88.2 Å². The largest absolute Gasteiger partial charge is 0.493 e. The van der Waals surface area contributed by atoms with E-state index >= 15 is 0 Å². The molecule has 9 heteroatoms. The van der Waals surface area contributed by atoms with Crippen molar-refractivity contribution in [2.45, 2.75) is 19.6 Å². The number of carbonyl (C=O) groups excluding carboxylic acids is 3.